The van der Waals surface area contributed by atoms with E-state index in [0.717, 1.165) is 27.9 Å². The topological polar surface area (TPSA) is 80.1 Å². The van der Waals surface area contributed by atoms with Crippen LogP contribution in [0.1, 0.15) is 25.8 Å². The van der Waals surface area contributed by atoms with Crippen LogP contribution in [0.4, 0.5) is 4.79 Å². The average molecular weight is 400 g/mol. The van der Waals surface area contributed by atoms with Gasteiger partial charge in [-0.15, -0.1) is 16.8 Å². The molecule has 0 saturated carbocycles. The second kappa shape index (κ2) is 8.18. The lowest BCUT2D eigenvalue weighted by atomic mass is 10.1. The highest BCUT2D eigenvalue weighted by Gasteiger charge is 2.43. The highest BCUT2D eigenvalue weighted by atomic mass is 32.2. The van der Waals surface area contributed by atoms with Crippen molar-refractivity contribution < 1.29 is 9.59 Å². The van der Waals surface area contributed by atoms with E-state index in [1.807, 2.05) is 35.8 Å². The molecule has 2 aromatic rings. The fourth-order valence-electron chi connectivity index (χ4n) is 3.09. The van der Waals surface area contributed by atoms with Crippen molar-refractivity contribution in [2.24, 2.45) is 0 Å². The standard InChI is InChI=1S/C20H25N5O2S/c1-5-10-24-16(15-9-6-8-14(2)13-15)22-23-19(24)28-12-7-11-25-17(26)20(3,4)21-18(25)27/h5-6,8-9,13H,1,7,10-12H2,2-4H3,(H,21,27). The van der Waals surface area contributed by atoms with Crippen LogP contribution in [0.3, 0.4) is 0 Å². The van der Waals surface area contributed by atoms with E-state index >= 15 is 0 Å². The molecule has 1 aromatic carbocycles. The summed E-state index contributed by atoms with van der Waals surface area (Å²) in [6.45, 7) is 10.3. The van der Waals surface area contributed by atoms with Gasteiger partial charge in [0.1, 0.15) is 5.54 Å². The smallest absolute Gasteiger partial charge is 0.324 e. The molecule has 3 rings (SSSR count). The first-order chi connectivity index (χ1) is 13.3. The summed E-state index contributed by atoms with van der Waals surface area (Å²) >= 11 is 1.56. The first-order valence-electron chi connectivity index (χ1n) is 9.21. The number of urea groups is 1. The normalized spacial score (nSPS) is 15.8. The zero-order chi connectivity index (χ0) is 20.3. The van der Waals surface area contributed by atoms with Gasteiger partial charge in [-0.05, 0) is 33.3 Å². The molecule has 1 N–H and O–H groups in total. The molecule has 28 heavy (non-hydrogen) atoms. The number of aryl methyl sites for hydroxylation is 1. The van der Waals surface area contributed by atoms with Crippen molar-refractivity contribution >= 4 is 23.7 Å². The van der Waals surface area contributed by atoms with Crippen LogP contribution in [0.5, 0.6) is 0 Å². The van der Waals surface area contributed by atoms with Crippen LogP contribution in [-0.2, 0) is 11.3 Å². The van der Waals surface area contributed by atoms with Crippen LogP contribution in [0.2, 0.25) is 0 Å². The van der Waals surface area contributed by atoms with E-state index in [1.54, 1.807) is 25.6 Å². The van der Waals surface area contributed by atoms with Crippen LogP contribution in [-0.4, -0.2) is 49.4 Å². The van der Waals surface area contributed by atoms with Crippen LogP contribution >= 0.6 is 11.8 Å². The molecule has 1 aromatic heterocycles. The van der Waals surface area contributed by atoms with Gasteiger partial charge in [0.25, 0.3) is 5.91 Å². The molecule has 0 radical (unpaired) electrons. The number of hydrogen-bond acceptors (Lipinski definition) is 5. The lowest BCUT2D eigenvalue weighted by Gasteiger charge is -2.15. The highest BCUT2D eigenvalue weighted by molar-refractivity contribution is 7.99. The van der Waals surface area contributed by atoms with Gasteiger partial charge in [0.15, 0.2) is 11.0 Å². The monoisotopic (exact) mass is 399 g/mol. The average Bonchev–Trinajstić information content (AvgIpc) is 3.11. The largest absolute Gasteiger partial charge is 0.325 e. The number of nitrogens with one attached hydrogen (secondary N) is 1. The number of hydrogen-bond donors (Lipinski definition) is 1. The van der Waals surface area contributed by atoms with Crippen LogP contribution < -0.4 is 5.32 Å². The molecular formula is C20H25N5O2S. The fourth-order valence-corrected chi connectivity index (χ4v) is 3.97. The maximum absolute atomic E-state index is 12.2. The van der Waals surface area contributed by atoms with E-state index in [0.29, 0.717) is 19.5 Å². The van der Waals surface area contributed by atoms with Crippen molar-refractivity contribution in [3.8, 4) is 11.4 Å². The number of benzene rings is 1. The molecule has 7 nitrogen and oxygen atoms in total. The van der Waals surface area contributed by atoms with E-state index in [1.165, 1.54) is 4.90 Å². The predicted octanol–water partition coefficient (Wildman–Crippen LogP) is 3.25. The Morgan fingerprint density at radius 3 is 2.71 bits per heavy atom. The van der Waals surface area contributed by atoms with Gasteiger partial charge in [-0.3, -0.25) is 14.3 Å². The molecule has 0 unspecified atom stereocenters. The number of carbonyl (C=O) groups excluding carboxylic acids is 2. The number of carbonyl (C=O) groups is 2. The Kier molecular flexibility index (Phi) is 5.88. The van der Waals surface area contributed by atoms with Crippen molar-refractivity contribution in [2.45, 2.75) is 44.4 Å². The van der Waals surface area contributed by atoms with E-state index < -0.39 is 5.54 Å². The maximum Gasteiger partial charge on any atom is 0.325 e. The third-order valence-electron chi connectivity index (χ3n) is 4.51. The molecule has 0 bridgehead atoms. The fraction of sp³-hybridized carbons (Fsp3) is 0.400. The molecule has 1 fully saturated rings. The minimum Gasteiger partial charge on any atom is -0.324 e. The van der Waals surface area contributed by atoms with Crippen LogP contribution in [0.15, 0.2) is 42.1 Å². The van der Waals surface area contributed by atoms with Crippen molar-refractivity contribution in [1.82, 2.24) is 25.0 Å². The van der Waals surface area contributed by atoms with Crippen molar-refractivity contribution in [2.75, 3.05) is 12.3 Å². The summed E-state index contributed by atoms with van der Waals surface area (Å²) in [7, 11) is 0. The van der Waals surface area contributed by atoms with Crippen LogP contribution in [0.25, 0.3) is 11.4 Å². The summed E-state index contributed by atoms with van der Waals surface area (Å²) < 4.78 is 2.03. The van der Waals surface area contributed by atoms with Gasteiger partial charge in [0.05, 0.1) is 0 Å². The molecule has 0 atom stereocenters. The summed E-state index contributed by atoms with van der Waals surface area (Å²) in [5.74, 6) is 1.35. The lowest BCUT2D eigenvalue weighted by Crippen LogP contribution is -2.40. The molecule has 1 aliphatic heterocycles. The third kappa shape index (κ3) is 4.11. The van der Waals surface area contributed by atoms with E-state index in [-0.39, 0.29) is 11.9 Å². The summed E-state index contributed by atoms with van der Waals surface area (Å²) in [6.07, 6.45) is 2.50. The Morgan fingerprint density at radius 1 is 1.29 bits per heavy atom. The number of amides is 3. The number of thioether (sulfide) groups is 1. The summed E-state index contributed by atoms with van der Waals surface area (Å²) in [6, 6.07) is 7.83. The number of aromatic nitrogens is 3. The molecule has 2 heterocycles. The molecule has 148 valence electrons. The molecular weight excluding hydrogens is 374 g/mol. The third-order valence-corrected chi connectivity index (χ3v) is 5.56. The second-order valence-corrected chi connectivity index (χ2v) is 8.35. The molecule has 1 saturated heterocycles. The van der Waals surface area contributed by atoms with Crippen LogP contribution in [0, 0.1) is 6.92 Å². The maximum atomic E-state index is 12.2. The van der Waals surface area contributed by atoms with E-state index in [2.05, 4.69) is 28.2 Å². The van der Waals surface area contributed by atoms with Crippen molar-refractivity contribution in [1.29, 1.82) is 0 Å². The number of nitrogens with zero attached hydrogens (tertiary/aromatic N) is 4. The first kappa shape index (κ1) is 20.1. The summed E-state index contributed by atoms with van der Waals surface area (Å²) in [5, 5.41) is 12.2. The van der Waals surface area contributed by atoms with Crippen molar-refractivity contribution in [3.05, 3.63) is 42.5 Å². The zero-order valence-corrected chi connectivity index (χ0v) is 17.3. The highest BCUT2D eigenvalue weighted by Crippen LogP contribution is 2.25. The molecule has 1 aliphatic rings. The molecule has 3 amide bonds. The Morgan fingerprint density at radius 2 is 2.07 bits per heavy atom. The van der Waals surface area contributed by atoms with Crippen molar-refractivity contribution in [3.63, 3.8) is 0 Å². The first-order valence-corrected chi connectivity index (χ1v) is 10.2. The Hall–Kier alpha value is -2.61. The Labute approximate surface area is 169 Å². The van der Waals surface area contributed by atoms with Gasteiger partial charge in [0, 0.05) is 24.4 Å². The van der Waals surface area contributed by atoms with Gasteiger partial charge >= 0.3 is 6.03 Å². The summed E-state index contributed by atoms with van der Waals surface area (Å²) in [4.78, 5) is 25.5. The lowest BCUT2D eigenvalue weighted by molar-refractivity contribution is -0.130. The number of allylic oxidation sites excluding steroid dienone is 1. The minimum absolute atomic E-state index is 0.181. The second-order valence-electron chi connectivity index (χ2n) is 7.29. The molecule has 0 aliphatic carbocycles. The predicted molar refractivity (Wildman–Crippen MR) is 110 cm³/mol. The Bertz CT molecular complexity index is 906. The summed E-state index contributed by atoms with van der Waals surface area (Å²) in [5.41, 5.74) is 1.36. The number of rotatable bonds is 8. The molecule has 0 spiro atoms. The molecule has 8 heteroatoms. The minimum atomic E-state index is -0.822. The van der Waals surface area contributed by atoms with E-state index in [9.17, 15) is 9.59 Å². The van der Waals surface area contributed by atoms with E-state index in [4.69, 9.17) is 0 Å². The van der Waals surface area contributed by atoms with Gasteiger partial charge in [-0.1, -0.05) is 41.6 Å². The number of imide groups is 1. The van der Waals surface area contributed by atoms with Gasteiger partial charge in [-0.25, -0.2) is 4.79 Å². The zero-order valence-electron chi connectivity index (χ0n) is 16.4. The van der Waals surface area contributed by atoms with Gasteiger partial charge < -0.3 is 5.32 Å². The van der Waals surface area contributed by atoms with Gasteiger partial charge in [0.2, 0.25) is 0 Å². The van der Waals surface area contributed by atoms with Gasteiger partial charge in [-0.2, -0.15) is 0 Å². The SMILES string of the molecule is C=CCn1c(SCCCN2C(=O)NC(C)(C)C2=O)nnc1-c1cccc(C)c1. The quantitative estimate of drug-likeness (QED) is 0.319. The Balaban J connectivity index is 1.64.